The third-order valence-corrected chi connectivity index (χ3v) is 7.94. The van der Waals surface area contributed by atoms with E-state index in [1.54, 1.807) is 29.9 Å². The van der Waals surface area contributed by atoms with Crippen LogP contribution in [0, 0.1) is 20.8 Å². The van der Waals surface area contributed by atoms with Crippen LogP contribution in [0.4, 0.5) is 5.69 Å². The number of nitrogens with one attached hydrogen (secondary N) is 1. The first-order valence-corrected chi connectivity index (χ1v) is 12.2. The maximum atomic E-state index is 13.2. The molecule has 4 rings (SSSR count). The van der Waals surface area contributed by atoms with Crippen LogP contribution >= 0.6 is 0 Å². The maximum absolute atomic E-state index is 13.2. The highest BCUT2D eigenvalue weighted by Crippen LogP contribution is 2.27. The Kier molecular flexibility index (Phi) is 5.96. The molecule has 0 atom stereocenters. The van der Waals surface area contributed by atoms with E-state index in [2.05, 4.69) is 10.4 Å². The van der Waals surface area contributed by atoms with Crippen molar-refractivity contribution in [3.63, 3.8) is 0 Å². The van der Waals surface area contributed by atoms with Gasteiger partial charge in [-0.2, -0.15) is 9.40 Å². The average molecular weight is 456 g/mol. The number of benzene rings is 1. The Hall–Kier alpha value is -2.91. The van der Waals surface area contributed by atoms with Gasteiger partial charge >= 0.3 is 0 Å². The second-order valence-corrected chi connectivity index (χ2v) is 10.3. The third kappa shape index (κ3) is 3.98. The zero-order chi connectivity index (χ0) is 23.0. The normalized spacial score (nSPS) is 15.1. The zero-order valence-electron chi connectivity index (χ0n) is 18.9. The van der Waals surface area contributed by atoms with Crippen molar-refractivity contribution in [2.75, 3.05) is 18.4 Å². The summed E-state index contributed by atoms with van der Waals surface area (Å²) in [5, 5.41) is 7.20. The fourth-order valence-corrected chi connectivity index (χ4v) is 5.74. The van der Waals surface area contributed by atoms with Gasteiger partial charge in [0.05, 0.1) is 11.1 Å². The summed E-state index contributed by atoms with van der Waals surface area (Å²) in [5.74, 6) is 0.327. The van der Waals surface area contributed by atoms with E-state index < -0.39 is 10.0 Å². The van der Waals surface area contributed by atoms with Crippen molar-refractivity contribution >= 4 is 21.6 Å². The summed E-state index contributed by atoms with van der Waals surface area (Å²) in [7, 11) is -1.80. The minimum Gasteiger partial charge on any atom is -0.322 e. The molecular formula is C23H29N5O3S. The largest absolute Gasteiger partial charge is 0.322 e. The number of nitrogens with zero attached hydrogens (tertiary/aromatic N) is 4. The van der Waals surface area contributed by atoms with Crippen LogP contribution in [-0.2, 0) is 17.1 Å². The van der Waals surface area contributed by atoms with E-state index in [1.807, 2.05) is 37.5 Å². The molecule has 0 aliphatic carbocycles. The molecular weight excluding hydrogens is 426 g/mol. The van der Waals surface area contributed by atoms with E-state index in [0.29, 0.717) is 30.2 Å². The van der Waals surface area contributed by atoms with Gasteiger partial charge in [0.1, 0.15) is 11.4 Å². The summed E-state index contributed by atoms with van der Waals surface area (Å²) in [5.41, 5.74) is 3.66. The molecule has 8 nitrogen and oxygen atoms in total. The highest BCUT2D eigenvalue weighted by Gasteiger charge is 2.27. The van der Waals surface area contributed by atoms with Gasteiger partial charge in [0.15, 0.2) is 0 Å². The van der Waals surface area contributed by atoms with Crippen molar-refractivity contribution < 1.29 is 13.2 Å². The van der Waals surface area contributed by atoms with E-state index in [0.717, 1.165) is 36.2 Å². The fourth-order valence-electron chi connectivity index (χ4n) is 4.20. The predicted octanol–water partition coefficient (Wildman–Crippen LogP) is 3.56. The van der Waals surface area contributed by atoms with Gasteiger partial charge in [-0.1, -0.05) is 12.5 Å². The molecule has 1 fully saturated rings. The van der Waals surface area contributed by atoms with E-state index in [4.69, 9.17) is 0 Å². The topological polar surface area (TPSA) is 89.2 Å². The second kappa shape index (κ2) is 8.55. The van der Waals surface area contributed by atoms with Crippen molar-refractivity contribution in [3.8, 4) is 5.82 Å². The van der Waals surface area contributed by atoms with Crippen molar-refractivity contribution in [1.29, 1.82) is 0 Å². The molecule has 2 aromatic heterocycles. The van der Waals surface area contributed by atoms with E-state index in [1.165, 1.54) is 10.5 Å². The van der Waals surface area contributed by atoms with Gasteiger partial charge in [-0.3, -0.25) is 9.48 Å². The minimum absolute atomic E-state index is 0.198. The van der Waals surface area contributed by atoms with Gasteiger partial charge in [0.2, 0.25) is 10.0 Å². The van der Waals surface area contributed by atoms with Crippen LogP contribution in [0.1, 0.15) is 46.6 Å². The van der Waals surface area contributed by atoms with Crippen LogP contribution in [0.3, 0.4) is 0 Å². The highest BCUT2D eigenvalue weighted by atomic mass is 32.2. The molecule has 1 amide bonds. The Morgan fingerprint density at radius 1 is 1.00 bits per heavy atom. The Morgan fingerprint density at radius 2 is 1.66 bits per heavy atom. The van der Waals surface area contributed by atoms with Crippen LogP contribution in [0.5, 0.6) is 0 Å². The quantitative estimate of drug-likeness (QED) is 0.637. The molecule has 32 heavy (non-hydrogen) atoms. The standard InChI is InChI=1S/C23H29N5O3S/c1-16-8-11-19(32(30,31)27-12-6-5-7-13-27)14-21(16)25-22(29)20-15-24-26(4)23(20)28-17(2)9-10-18(28)3/h8-11,14-15H,5-7,12-13H2,1-4H3,(H,25,29). The summed E-state index contributed by atoms with van der Waals surface area (Å²) in [4.78, 5) is 13.4. The lowest BCUT2D eigenvalue weighted by atomic mass is 10.2. The van der Waals surface area contributed by atoms with E-state index in [-0.39, 0.29) is 10.8 Å². The number of anilines is 1. The molecule has 0 unspecified atom stereocenters. The average Bonchev–Trinajstić information content (AvgIpc) is 3.31. The SMILES string of the molecule is Cc1ccc(S(=O)(=O)N2CCCCC2)cc1NC(=O)c1cnn(C)c1-n1c(C)ccc1C. The van der Waals surface area contributed by atoms with Crippen LogP contribution < -0.4 is 5.32 Å². The van der Waals surface area contributed by atoms with Crippen molar-refractivity contribution in [2.45, 2.75) is 44.9 Å². The monoisotopic (exact) mass is 455 g/mol. The van der Waals surface area contributed by atoms with Crippen molar-refractivity contribution in [3.05, 3.63) is 59.0 Å². The van der Waals surface area contributed by atoms with Crippen LogP contribution in [0.25, 0.3) is 5.82 Å². The molecule has 0 saturated carbocycles. The highest BCUT2D eigenvalue weighted by molar-refractivity contribution is 7.89. The Labute approximate surface area is 188 Å². The first-order chi connectivity index (χ1) is 15.2. The summed E-state index contributed by atoms with van der Waals surface area (Å²) < 4.78 is 31.4. The lowest BCUT2D eigenvalue weighted by Gasteiger charge is -2.26. The Balaban J connectivity index is 1.66. The molecule has 1 aromatic carbocycles. The summed E-state index contributed by atoms with van der Waals surface area (Å²) in [6, 6.07) is 8.87. The van der Waals surface area contributed by atoms with E-state index in [9.17, 15) is 13.2 Å². The molecule has 3 aromatic rings. The lowest BCUT2D eigenvalue weighted by Crippen LogP contribution is -2.35. The molecule has 1 aliphatic heterocycles. The summed E-state index contributed by atoms with van der Waals surface area (Å²) in [6.07, 6.45) is 4.33. The van der Waals surface area contributed by atoms with Gasteiger partial charge in [-0.05, 0) is 63.4 Å². The third-order valence-electron chi connectivity index (χ3n) is 6.05. The number of hydrogen-bond donors (Lipinski definition) is 1. The number of carbonyl (C=O) groups is 1. The smallest absolute Gasteiger partial charge is 0.261 e. The number of aryl methyl sites for hydroxylation is 4. The molecule has 1 saturated heterocycles. The number of rotatable bonds is 5. The minimum atomic E-state index is -3.59. The van der Waals surface area contributed by atoms with Crippen LogP contribution in [0.2, 0.25) is 0 Å². The molecule has 3 heterocycles. The molecule has 1 aliphatic rings. The Bertz CT molecular complexity index is 1250. The van der Waals surface area contributed by atoms with Crippen LogP contribution in [-0.4, -0.2) is 46.1 Å². The molecule has 1 N–H and O–H groups in total. The number of sulfonamides is 1. The number of carbonyl (C=O) groups excluding carboxylic acids is 1. The number of aromatic nitrogens is 3. The first kappa shape index (κ1) is 22.3. The van der Waals surface area contributed by atoms with Gasteiger partial charge in [0, 0.05) is 37.2 Å². The number of piperidine rings is 1. The van der Waals surface area contributed by atoms with E-state index >= 15 is 0 Å². The van der Waals surface area contributed by atoms with Crippen molar-refractivity contribution in [1.82, 2.24) is 18.7 Å². The number of hydrogen-bond acceptors (Lipinski definition) is 4. The lowest BCUT2D eigenvalue weighted by molar-refractivity contribution is 0.102. The second-order valence-electron chi connectivity index (χ2n) is 8.35. The fraction of sp³-hybridized carbons (Fsp3) is 0.391. The van der Waals surface area contributed by atoms with Gasteiger partial charge in [0.25, 0.3) is 5.91 Å². The first-order valence-electron chi connectivity index (χ1n) is 10.8. The summed E-state index contributed by atoms with van der Waals surface area (Å²) in [6.45, 7) is 6.86. The maximum Gasteiger partial charge on any atom is 0.261 e. The molecule has 9 heteroatoms. The van der Waals surface area contributed by atoms with Crippen LogP contribution in [0.15, 0.2) is 41.4 Å². The molecule has 170 valence electrons. The molecule has 0 radical (unpaired) electrons. The molecule has 0 bridgehead atoms. The van der Waals surface area contributed by atoms with Gasteiger partial charge < -0.3 is 9.88 Å². The van der Waals surface area contributed by atoms with Gasteiger partial charge in [-0.15, -0.1) is 0 Å². The molecule has 0 spiro atoms. The van der Waals surface area contributed by atoms with Crippen molar-refractivity contribution in [2.24, 2.45) is 7.05 Å². The zero-order valence-corrected chi connectivity index (χ0v) is 19.7. The summed E-state index contributed by atoms with van der Waals surface area (Å²) >= 11 is 0. The number of amides is 1. The Morgan fingerprint density at radius 3 is 2.31 bits per heavy atom. The van der Waals surface area contributed by atoms with Gasteiger partial charge in [-0.25, -0.2) is 8.42 Å². The predicted molar refractivity (Wildman–Crippen MR) is 124 cm³/mol.